The van der Waals surface area contributed by atoms with Gasteiger partial charge in [-0.25, -0.2) is 0 Å². The van der Waals surface area contributed by atoms with E-state index in [0.717, 1.165) is 42.5 Å². The molecule has 1 radical (unpaired) electrons. The van der Waals surface area contributed by atoms with E-state index in [-0.39, 0.29) is 43.5 Å². The molecule has 0 unspecified atom stereocenters. The van der Waals surface area contributed by atoms with E-state index < -0.39 is 0 Å². The fraction of sp³-hybridized carbons (Fsp3) is 0.405. The number of nitrogens with zero attached hydrogens (tertiary/aromatic N) is 1. The molecule has 0 atom stereocenters. The largest absolute Gasteiger partial charge is 0.512 e. The summed E-state index contributed by atoms with van der Waals surface area (Å²) in [5.74, 6) is 0.547. The number of carbonyl (C=O) groups excluding carboxylic acids is 1. The number of fused-ring (bicyclic) bond motifs is 1. The van der Waals surface area contributed by atoms with Crippen LogP contribution in [0.3, 0.4) is 0 Å². The van der Waals surface area contributed by atoms with Gasteiger partial charge in [0, 0.05) is 49.1 Å². The summed E-state index contributed by atoms with van der Waals surface area (Å²) < 4.78 is 1.23. The molecule has 2 aromatic heterocycles. The standard InChI is InChI=1S/C24H22NS.C13H24O2.Ir/c1-14-6-15(2)10-19(9-14)21-11-20-12-22(26-23(20)13-25-21)24-17(4)7-16(3)8-18(24)5;1-5-10(6-2)12(14)9-13(15)11(7-3)8-4;/h6-9,11-13H,1-5H3;9-11,14H,5-8H2,1-4H3;/q-1;;/b;12-9-;. The van der Waals surface area contributed by atoms with Crippen molar-refractivity contribution >= 4 is 27.2 Å². The van der Waals surface area contributed by atoms with Crippen molar-refractivity contribution in [2.45, 2.75) is 88.0 Å². The first-order valence-corrected chi connectivity index (χ1v) is 15.8. The molecule has 0 saturated heterocycles. The summed E-state index contributed by atoms with van der Waals surface area (Å²) in [7, 11) is 0. The SMILES string of the molecule is CCC(CC)C(=O)/C=C(\O)C(CC)CC.Cc1[c-]c(-c2cc3cc(-c4c(C)cc(C)cc4C)sc3cn2)cc(C)c1.[Ir]. The summed E-state index contributed by atoms with van der Waals surface area (Å²) in [5, 5.41) is 11.0. The van der Waals surface area contributed by atoms with E-state index in [0.29, 0.717) is 0 Å². The van der Waals surface area contributed by atoms with Crippen LogP contribution in [0.5, 0.6) is 0 Å². The van der Waals surface area contributed by atoms with Crippen LogP contribution < -0.4 is 0 Å². The summed E-state index contributed by atoms with van der Waals surface area (Å²) in [4.78, 5) is 17.7. The van der Waals surface area contributed by atoms with E-state index in [2.05, 4.69) is 77.1 Å². The van der Waals surface area contributed by atoms with Crippen LogP contribution in [-0.2, 0) is 24.9 Å². The summed E-state index contributed by atoms with van der Waals surface area (Å²) in [6.45, 7) is 18.8. The number of ketones is 1. The molecule has 5 heteroatoms. The average molecular weight is 761 g/mol. The molecule has 0 aliphatic carbocycles. The summed E-state index contributed by atoms with van der Waals surface area (Å²) in [5.41, 5.74) is 9.81. The maximum Gasteiger partial charge on any atom is 0.162 e. The van der Waals surface area contributed by atoms with Crippen LogP contribution in [0.15, 0.2) is 54.4 Å². The first kappa shape index (κ1) is 35.6. The number of hydrogen-bond donors (Lipinski definition) is 1. The van der Waals surface area contributed by atoms with Gasteiger partial charge in [0.15, 0.2) is 5.78 Å². The summed E-state index contributed by atoms with van der Waals surface area (Å²) in [6, 6.07) is 16.8. The first-order chi connectivity index (χ1) is 19.5. The quantitative estimate of drug-likeness (QED) is 0.105. The van der Waals surface area contributed by atoms with Crippen LogP contribution in [0.25, 0.3) is 31.8 Å². The Morgan fingerprint density at radius 1 is 0.857 bits per heavy atom. The van der Waals surface area contributed by atoms with Crippen molar-refractivity contribution in [1.82, 2.24) is 4.98 Å². The minimum Gasteiger partial charge on any atom is -0.512 e. The monoisotopic (exact) mass is 761 g/mol. The molecule has 0 fully saturated rings. The number of benzene rings is 2. The zero-order chi connectivity index (χ0) is 30.3. The van der Waals surface area contributed by atoms with E-state index in [1.807, 2.05) is 45.2 Å². The van der Waals surface area contributed by atoms with Crippen molar-refractivity contribution in [3.63, 3.8) is 0 Å². The molecule has 3 nitrogen and oxygen atoms in total. The number of rotatable bonds is 9. The first-order valence-electron chi connectivity index (χ1n) is 14.9. The number of hydrogen-bond acceptors (Lipinski definition) is 4. The number of carbonyl (C=O) groups is 1. The maximum absolute atomic E-state index is 11.7. The molecule has 227 valence electrons. The third-order valence-electron chi connectivity index (χ3n) is 7.83. The van der Waals surface area contributed by atoms with E-state index in [4.69, 9.17) is 4.98 Å². The van der Waals surface area contributed by atoms with Crippen molar-refractivity contribution in [2.24, 2.45) is 11.8 Å². The number of aryl methyl sites for hydroxylation is 5. The Bertz CT molecular complexity index is 1480. The summed E-state index contributed by atoms with van der Waals surface area (Å²) in [6.07, 6.45) is 6.91. The predicted octanol–water partition coefficient (Wildman–Crippen LogP) is 10.8. The van der Waals surface area contributed by atoms with Gasteiger partial charge in [-0.2, -0.15) is 0 Å². The topological polar surface area (TPSA) is 50.2 Å². The molecule has 0 aliphatic heterocycles. The Kier molecular flexibility index (Phi) is 13.8. The van der Waals surface area contributed by atoms with Crippen LogP contribution >= 0.6 is 11.3 Å². The zero-order valence-corrected chi connectivity index (χ0v) is 29.9. The molecule has 42 heavy (non-hydrogen) atoms. The molecule has 2 aromatic carbocycles. The van der Waals surface area contributed by atoms with Crippen LogP contribution in [0, 0.1) is 52.5 Å². The second kappa shape index (κ2) is 16.3. The Labute approximate surface area is 270 Å². The molecule has 0 aliphatic rings. The van der Waals surface area contributed by atoms with Gasteiger partial charge in [-0.1, -0.05) is 65.3 Å². The molecule has 4 rings (SSSR count). The average Bonchev–Trinajstić information content (AvgIpc) is 3.32. The van der Waals surface area contributed by atoms with Crippen molar-refractivity contribution in [1.29, 1.82) is 0 Å². The second-order valence-electron chi connectivity index (χ2n) is 11.2. The Balaban J connectivity index is 0.000000334. The fourth-order valence-electron chi connectivity index (χ4n) is 5.60. The molecule has 4 aromatic rings. The Morgan fingerprint density at radius 3 is 1.98 bits per heavy atom. The number of allylic oxidation sites excluding steroid dienone is 2. The zero-order valence-electron chi connectivity index (χ0n) is 26.6. The minimum atomic E-state index is 0. The molecular weight excluding hydrogens is 715 g/mol. The van der Waals surface area contributed by atoms with Gasteiger partial charge in [0.05, 0.1) is 10.5 Å². The summed E-state index contributed by atoms with van der Waals surface area (Å²) >= 11 is 1.82. The molecule has 2 heterocycles. The van der Waals surface area contributed by atoms with Crippen LogP contribution in [0.4, 0.5) is 0 Å². The normalized spacial score (nSPS) is 11.5. The van der Waals surface area contributed by atoms with Crippen molar-refractivity contribution in [3.05, 3.63) is 88.3 Å². The number of aliphatic hydroxyl groups excluding tert-OH is 1. The molecule has 1 N–H and O–H groups in total. The van der Waals surface area contributed by atoms with E-state index in [9.17, 15) is 9.90 Å². The van der Waals surface area contributed by atoms with E-state index in [1.54, 1.807) is 0 Å². The maximum atomic E-state index is 11.7. The predicted molar refractivity (Wildman–Crippen MR) is 177 cm³/mol. The van der Waals surface area contributed by atoms with Gasteiger partial charge in [-0.3, -0.25) is 4.79 Å². The van der Waals surface area contributed by atoms with Gasteiger partial charge in [-0.15, -0.1) is 46.2 Å². The van der Waals surface area contributed by atoms with Crippen LogP contribution in [0.2, 0.25) is 0 Å². The van der Waals surface area contributed by atoms with Crippen molar-refractivity contribution < 1.29 is 30.0 Å². The third kappa shape index (κ3) is 8.96. The van der Waals surface area contributed by atoms with Crippen LogP contribution in [-0.4, -0.2) is 15.9 Å². The van der Waals surface area contributed by atoms with Gasteiger partial charge in [0.1, 0.15) is 0 Å². The molecule has 0 amide bonds. The van der Waals surface area contributed by atoms with Gasteiger partial charge >= 0.3 is 0 Å². The molecule has 0 spiro atoms. The molecule has 0 saturated carbocycles. The molecular formula is C37H46IrNO2S-. The molecule has 0 bridgehead atoms. The Hall–Kier alpha value is -2.59. The third-order valence-corrected chi connectivity index (χ3v) is 8.94. The number of thiophene rings is 1. The smallest absolute Gasteiger partial charge is 0.162 e. The van der Waals surface area contributed by atoms with E-state index >= 15 is 0 Å². The van der Waals surface area contributed by atoms with Gasteiger partial charge in [-0.05, 0) is 80.3 Å². The number of aliphatic hydroxyl groups is 1. The van der Waals surface area contributed by atoms with Gasteiger partial charge in [0.2, 0.25) is 0 Å². The van der Waals surface area contributed by atoms with E-state index in [1.165, 1.54) is 48.9 Å². The number of pyridine rings is 1. The second-order valence-corrected chi connectivity index (χ2v) is 12.3. The Morgan fingerprint density at radius 2 is 1.43 bits per heavy atom. The number of aromatic nitrogens is 1. The van der Waals surface area contributed by atoms with Crippen molar-refractivity contribution in [2.75, 3.05) is 0 Å². The minimum absolute atomic E-state index is 0. The fourth-order valence-corrected chi connectivity index (χ4v) is 6.79. The van der Waals surface area contributed by atoms with Crippen LogP contribution in [0.1, 0.15) is 81.2 Å². The van der Waals surface area contributed by atoms with Crippen molar-refractivity contribution in [3.8, 4) is 21.7 Å². The van der Waals surface area contributed by atoms with Gasteiger partial charge < -0.3 is 10.1 Å². The van der Waals surface area contributed by atoms with Gasteiger partial charge in [0.25, 0.3) is 0 Å².